The maximum Gasteiger partial charge on any atom is 0.339 e. The predicted molar refractivity (Wildman–Crippen MR) is 129 cm³/mol. The van der Waals surface area contributed by atoms with E-state index in [9.17, 15) is 9.59 Å². The van der Waals surface area contributed by atoms with Gasteiger partial charge in [0.15, 0.2) is 0 Å². The van der Waals surface area contributed by atoms with Crippen LogP contribution in [0.5, 0.6) is 0 Å². The molecule has 1 aliphatic heterocycles. The molecule has 8 nitrogen and oxygen atoms in total. The van der Waals surface area contributed by atoms with Gasteiger partial charge in [-0.1, -0.05) is 40.5 Å². The number of esters is 1. The molecule has 1 amide bonds. The number of ether oxygens (including phenoxy) is 1. The Bertz CT molecular complexity index is 1180. The van der Waals surface area contributed by atoms with Crippen molar-refractivity contribution in [2.75, 3.05) is 25.0 Å². The lowest BCUT2D eigenvalue weighted by Gasteiger charge is -2.30. The molecule has 4 rings (SSSR count). The summed E-state index contributed by atoms with van der Waals surface area (Å²) in [6.45, 7) is 3.91. The number of halogens is 2. The third-order valence-corrected chi connectivity index (χ3v) is 6.29. The maximum atomic E-state index is 12.8. The Morgan fingerprint density at radius 2 is 1.91 bits per heavy atom. The van der Waals surface area contributed by atoms with Gasteiger partial charge in [0, 0.05) is 17.2 Å². The van der Waals surface area contributed by atoms with Crippen molar-refractivity contribution < 1.29 is 18.8 Å². The molecule has 34 heavy (non-hydrogen) atoms. The minimum atomic E-state index is -0.518. The standard InChI is InChI=1S/C24H24Cl2N4O4/c1-2-33-24(32)18-13-16(7-8-20(18)26)27-23(31)15-9-11-30(12-10-15)14-21-28-22(29-34-21)17-5-3-4-6-19(17)25/h3-8,13,15H,2,9-12,14H2,1H3,(H,27,31). The van der Waals surface area contributed by atoms with Crippen LogP contribution in [0.3, 0.4) is 0 Å². The zero-order valence-corrected chi connectivity index (χ0v) is 20.1. The number of hydrogen-bond donors (Lipinski definition) is 1. The maximum absolute atomic E-state index is 12.8. The molecule has 0 bridgehead atoms. The van der Waals surface area contributed by atoms with Gasteiger partial charge in [0.1, 0.15) is 0 Å². The fourth-order valence-corrected chi connectivity index (χ4v) is 4.24. The minimum Gasteiger partial charge on any atom is -0.462 e. The number of amides is 1. The molecule has 1 saturated heterocycles. The van der Waals surface area contributed by atoms with Gasteiger partial charge in [-0.3, -0.25) is 9.69 Å². The van der Waals surface area contributed by atoms with Gasteiger partial charge in [0.05, 0.1) is 28.8 Å². The van der Waals surface area contributed by atoms with Crippen LogP contribution in [-0.2, 0) is 16.1 Å². The van der Waals surface area contributed by atoms with E-state index in [4.69, 9.17) is 32.5 Å². The van der Waals surface area contributed by atoms with Gasteiger partial charge in [-0.05, 0) is 63.2 Å². The summed E-state index contributed by atoms with van der Waals surface area (Å²) in [5.74, 6) is 0.219. The Labute approximate surface area is 207 Å². The van der Waals surface area contributed by atoms with E-state index in [-0.39, 0.29) is 29.0 Å². The Hall–Kier alpha value is -2.94. The number of hydrogen-bond acceptors (Lipinski definition) is 7. The number of benzene rings is 2. The number of rotatable bonds is 7. The number of carbonyl (C=O) groups excluding carboxylic acids is 2. The SMILES string of the molecule is CCOC(=O)c1cc(NC(=O)C2CCN(Cc3nc(-c4ccccc4Cl)no3)CC2)ccc1Cl. The van der Waals surface area contributed by atoms with E-state index in [1.54, 1.807) is 31.2 Å². The number of nitrogens with one attached hydrogen (secondary N) is 1. The molecule has 1 N–H and O–H groups in total. The van der Waals surface area contributed by atoms with Crippen molar-refractivity contribution in [3.8, 4) is 11.4 Å². The third-order valence-electron chi connectivity index (χ3n) is 5.63. The van der Waals surface area contributed by atoms with Gasteiger partial charge in [0.25, 0.3) is 0 Å². The first kappa shape index (κ1) is 24.2. The van der Waals surface area contributed by atoms with Crippen molar-refractivity contribution >= 4 is 40.8 Å². The number of aromatic nitrogens is 2. The smallest absolute Gasteiger partial charge is 0.339 e. The van der Waals surface area contributed by atoms with Crippen LogP contribution < -0.4 is 5.32 Å². The average Bonchev–Trinajstić information content (AvgIpc) is 3.29. The van der Waals surface area contributed by atoms with Crippen molar-refractivity contribution in [2.24, 2.45) is 5.92 Å². The summed E-state index contributed by atoms with van der Waals surface area (Å²) in [6, 6.07) is 12.1. The molecule has 3 aromatic rings. The molecule has 0 atom stereocenters. The first-order valence-electron chi connectivity index (χ1n) is 11.0. The number of likely N-dealkylation sites (tertiary alicyclic amines) is 1. The van der Waals surface area contributed by atoms with E-state index in [2.05, 4.69) is 20.4 Å². The van der Waals surface area contributed by atoms with Crippen LogP contribution in [0.4, 0.5) is 5.69 Å². The highest BCUT2D eigenvalue weighted by molar-refractivity contribution is 6.34. The van der Waals surface area contributed by atoms with Crippen LogP contribution in [-0.4, -0.2) is 46.6 Å². The molecule has 0 spiro atoms. The van der Waals surface area contributed by atoms with Crippen LogP contribution in [0.1, 0.15) is 36.0 Å². The van der Waals surface area contributed by atoms with E-state index in [0.717, 1.165) is 18.7 Å². The van der Waals surface area contributed by atoms with Gasteiger partial charge in [0.2, 0.25) is 17.6 Å². The lowest BCUT2D eigenvalue weighted by atomic mass is 9.95. The van der Waals surface area contributed by atoms with Crippen LogP contribution in [0.15, 0.2) is 47.0 Å². The van der Waals surface area contributed by atoms with Gasteiger partial charge < -0.3 is 14.6 Å². The molecule has 1 aliphatic rings. The molecular weight excluding hydrogens is 479 g/mol. The second-order valence-corrected chi connectivity index (χ2v) is 8.76. The summed E-state index contributed by atoms with van der Waals surface area (Å²) in [5.41, 5.74) is 1.47. The first-order valence-corrected chi connectivity index (χ1v) is 11.8. The summed E-state index contributed by atoms with van der Waals surface area (Å²) in [6.07, 6.45) is 1.38. The highest BCUT2D eigenvalue weighted by atomic mass is 35.5. The average molecular weight is 503 g/mol. The highest BCUT2D eigenvalue weighted by Crippen LogP contribution is 2.27. The molecular formula is C24H24Cl2N4O4. The summed E-state index contributed by atoms with van der Waals surface area (Å²) in [5, 5.41) is 7.77. The summed E-state index contributed by atoms with van der Waals surface area (Å²) in [4.78, 5) is 31.5. The Morgan fingerprint density at radius 3 is 2.65 bits per heavy atom. The van der Waals surface area contributed by atoms with Crippen molar-refractivity contribution in [2.45, 2.75) is 26.3 Å². The number of carbonyl (C=O) groups is 2. The first-order chi connectivity index (χ1) is 16.4. The van der Waals surface area contributed by atoms with Gasteiger partial charge in [-0.15, -0.1) is 0 Å². The topological polar surface area (TPSA) is 97.6 Å². The van der Waals surface area contributed by atoms with Crippen LogP contribution in [0.2, 0.25) is 10.0 Å². The van der Waals surface area contributed by atoms with Crippen molar-refractivity contribution in [3.63, 3.8) is 0 Å². The largest absolute Gasteiger partial charge is 0.462 e. The summed E-state index contributed by atoms with van der Waals surface area (Å²) >= 11 is 12.3. The fraction of sp³-hybridized carbons (Fsp3) is 0.333. The van der Waals surface area contributed by atoms with Crippen molar-refractivity contribution in [1.29, 1.82) is 0 Å². The van der Waals surface area contributed by atoms with Crippen molar-refractivity contribution in [3.05, 3.63) is 64.0 Å². The second-order valence-electron chi connectivity index (χ2n) is 7.95. The minimum absolute atomic E-state index is 0.0874. The Balaban J connectivity index is 1.30. The molecule has 0 aliphatic carbocycles. The molecule has 2 aromatic carbocycles. The number of piperidine rings is 1. The lowest BCUT2D eigenvalue weighted by Crippen LogP contribution is -2.37. The second kappa shape index (κ2) is 11.0. The van der Waals surface area contributed by atoms with Crippen molar-refractivity contribution in [1.82, 2.24) is 15.0 Å². The zero-order valence-electron chi connectivity index (χ0n) is 18.6. The molecule has 0 radical (unpaired) electrons. The molecule has 2 heterocycles. The quantitative estimate of drug-likeness (QED) is 0.450. The van der Waals surface area contributed by atoms with Crippen LogP contribution >= 0.6 is 23.2 Å². The Kier molecular flexibility index (Phi) is 7.82. The van der Waals surface area contributed by atoms with Crippen LogP contribution in [0, 0.1) is 5.92 Å². The summed E-state index contributed by atoms with van der Waals surface area (Å²) in [7, 11) is 0. The lowest BCUT2D eigenvalue weighted by molar-refractivity contribution is -0.121. The zero-order chi connectivity index (χ0) is 24.1. The fourth-order valence-electron chi connectivity index (χ4n) is 3.83. The molecule has 1 aromatic heterocycles. The highest BCUT2D eigenvalue weighted by Gasteiger charge is 2.26. The predicted octanol–water partition coefficient (Wildman–Crippen LogP) is 5.07. The van der Waals surface area contributed by atoms with Crippen LogP contribution in [0.25, 0.3) is 11.4 Å². The van der Waals surface area contributed by atoms with Gasteiger partial charge in [-0.2, -0.15) is 4.98 Å². The normalized spacial score (nSPS) is 14.7. The number of nitrogens with zero attached hydrogens (tertiary/aromatic N) is 3. The van der Waals surface area contributed by atoms with E-state index in [0.29, 0.717) is 41.8 Å². The molecule has 178 valence electrons. The van der Waals surface area contributed by atoms with Gasteiger partial charge in [-0.25, -0.2) is 4.79 Å². The Morgan fingerprint density at radius 1 is 1.15 bits per heavy atom. The van der Waals surface area contributed by atoms with E-state index < -0.39 is 5.97 Å². The number of anilines is 1. The van der Waals surface area contributed by atoms with E-state index in [1.165, 1.54) is 0 Å². The van der Waals surface area contributed by atoms with E-state index in [1.807, 2.05) is 18.2 Å². The molecule has 10 heteroatoms. The molecule has 1 fully saturated rings. The summed E-state index contributed by atoms with van der Waals surface area (Å²) < 4.78 is 10.4. The molecule has 0 unspecified atom stereocenters. The molecule has 0 saturated carbocycles. The monoisotopic (exact) mass is 502 g/mol. The third kappa shape index (κ3) is 5.75. The van der Waals surface area contributed by atoms with Gasteiger partial charge >= 0.3 is 5.97 Å². The van der Waals surface area contributed by atoms with E-state index >= 15 is 0 Å².